The van der Waals surface area contributed by atoms with Crippen molar-refractivity contribution in [1.29, 1.82) is 0 Å². The first-order valence-corrected chi connectivity index (χ1v) is 9.87. The highest BCUT2D eigenvalue weighted by Gasteiger charge is 2.41. The van der Waals surface area contributed by atoms with Gasteiger partial charge in [-0.1, -0.05) is 11.6 Å². The summed E-state index contributed by atoms with van der Waals surface area (Å²) in [5, 5.41) is 0.483. The molecule has 2 fully saturated rings. The summed E-state index contributed by atoms with van der Waals surface area (Å²) in [5.74, 6) is 0.0817. The minimum atomic E-state index is -3.59. The zero-order chi connectivity index (χ0) is 17.2. The van der Waals surface area contributed by atoms with E-state index in [0.717, 1.165) is 19.4 Å². The van der Waals surface area contributed by atoms with Crippen molar-refractivity contribution < 1.29 is 17.9 Å². The van der Waals surface area contributed by atoms with Gasteiger partial charge in [0, 0.05) is 43.1 Å². The van der Waals surface area contributed by atoms with Crippen LogP contribution in [0.1, 0.15) is 19.3 Å². The Balaban J connectivity index is 1.57. The summed E-state index contributed by atoms with van der Waals surface area (Å²) in [7, 11) is -3.59. The molecule has 1 aromatic carbocycles. The topological polar surface area (TPSA) is 75.7 Å². The number of amides is 1. The molecule has 132 valence electrons. The van der Waals surface area contributed by atoms with Crippen LogP contribution in [0.3, 0.4) is 0 Å². The third kappa shape index (κ3) is 3.91. The Morgan fingerprint density at radius 2 is 2.00 bits per heavy atom. The molecule has 2 saturated heterocycles. The van der Waals surface area contributed by atoms with Crippen molar-refractivity contribution in [2.24, 2.45) is 5.41 Å². The monoisotopic (exact) mass is 372 g/mol. The summed E-state index contributed by atoms with van der Waals surface area (Å²) in [6.45, 7) is 2.63. The van der Waals surface area contributed by atoms with E-state index in [0.29, 0.717) is 31.1 Å². The number of rotatable bonds is 5. The Hall–Kier alpha value is -1.15. The van der Waals surface area contributed by atoms with Gasteiger partial charge in [-0.15, -0.1) is 0 Å². The summed E-state index contributed by atoms with van der Waals surface area (Å²) in [6.07, 6.45) is 2.33. The number of halogens is 1. The van der Waals surface area contributed by atoms with Crippen LogP contribution >= 0.6 is 11.6 Å². The lowest BCUT2D eigenvalue weighted by atomic mass is 9.79. The number of carbonyl (C=O) groups is 1. The third-order valence-electron chi connectivity index (χ3n) is 4.73. The van der Waals surface area contributed by atoms with Gasteiger partial charge in [-0.25, -0.2) is 13.1 Å². The predicted octanol–water partition coefficient (Wildman–Crippen LogP) is 1.65. The summed E-state index contributed by atoms with van der Waals surface area (Å²) in [6, 6.07) is 5.99. The zero-order valence-corrected chi connectivity index (χ0v) is 14.9. The first kappa shape index (κ1) is 17.7. The number of ether oxygens (including phenoxy) is 1. The van der Waals surface area contributed by atoms with Crippen molar-refractivity contribution >= 4 is 27.5 Å². The number of nitrogens with one attached hydrogen (secondary N) is 1. The molecule has 8 heteroatoms. The number of likely N-dealkylation sites (tertiary alicyclic amines) is 1. The maximum Gasteiger partial charge on any atom is 0.240 e. The summed E-state index contributed by atoms with van der Waals surface area (Å²) < 4.78 is 32.5. The molecular weight excluding hydrogens is 352 g/mol. The Labute approximate surface area is 147 Å². The molecule has 0 aliphatic carbocycles. The second-order valence-electron chi connectivity index (χ2n) is 6.47. The summed E-state index contributed by atoms with van der Waals surface area (Å²) >= 11 is 5.77. The van der Waals surface area contributed by atoms with Crippen LogP contribution in [-0.2, 0) is 19.6 Å². The van der Waals surface area contributed by atoms with Gasteiger partial charge in [0.2, 0.25) is 15.9 Å². The lowest BCUT2D eigenvalue weighted by Crippen LogP contribution is -2.49. The van der Waals surface area contributed by atoms with Crippen LogP contribution in [0.2, 0.25) is 5.02 Å². The van der Waals surface area contributed by atoms with Gasteiger partial charge >= 0.3 is 0 Å². The maximum atomic E-state index is 12.2. The zero-order valence-electron chi connectivity index (χ0n) is 13.3. The lowest BCUT2D eigenvalue weighted by Gasteiger charge is -2.39. The maximum absolute atomic E-state index is 12.2. The number of benzene rings is 1. The van der Waals surface area contributed by atoms with E-state index in [9.17, 15) is 13.2 Å². The van der Waals surface area contributed by atoms with Crippen molar-refractivity contribution in [1.82, 2.24) is 9.62 Å². The molecule has 0 saturated carbocycles. The lowest BCUT2D eigenvalue weighted by molar-refractivity contribution is -0.137. The van der Waals surface area contributed by atoms with Gasteiger partial charge in [-0.2, -0.15) is 0 Å². The second-order valence-corrected chi connectivity index (χ2v) is 8.67. The fourth-order valence-electron chi connectivity index (χ4n) is 3.29. The molecule has 24 heavy (non-hydrogen) atoms. The van der Waals surface area contributed by atoms with Crippen molar-refractivity contribution in [3.05, 3.63) is 29.3 Å². The fraction of sp³-hybridized carbons (Fsp3) is 0.562. The van der Waals surface area contributed by atoms with Crippen molar-refractivity contribution in [2.45, 2.75) is 24.2 Å². The van der Waals surface area contributed by atoms with Gasteiger partial charge in [0.25, 0.3) is 0 Å². The molecule has 0 bridgehead atoms. The van der Waals surface area contributed by atoms with Crippen molar-refractivity contribution in [2.75, 3.05) is 32.8 Å². The average Bonchev–Trinajstić information content (AvgIpc) is 2.99. The Morgan fingerprint density at radius 3 is 2.67 bits per heavy atom. The Morgan fingerprint density at radius 1 is 1.25 bits per heavy atom. The number of hydrogen-bond donors (Lipinski definition) is 1. The molecule has 2 aliphatic heterocycles. The number of hydrogen-bond acceptors (Lipinski definition) is 4. The van der Waals surface area contributed by atoms with Crippen LogP contribution in [0.25, 0.3) is 0 Å². The van der Waals surface area contributed by atoms with E-state index >= 15 is 0 Å². The highest BCUT2D eigenvalue weighted by Crippen LogP contribution is 2.37. The Bertz CT molecular complexity index is 699. The van der Waals surface area contributed by atoms with Gasteiger partial charge in [0.1, 0.15) is 0 Å². The van der Waals surface area contributed by atoms with Gasteiger partial charge in [0.15, 0.2) is 0 Å². The number of nitrogens with zero attached hydrogens (tertiary/aromatic N) is 1. The van der Waals surface area contributed by atoms with E-state index in [2.05, 4.69) is 4.72 Å². The van der Waals surface area contributed by atoms with E-state index in [1.54, 1.807) is 4.90 Å². The minimum Gasteiger partial charge on any atom is -0.381 e. The largest absolute Gasteiger partial charge is 0.381 e. The third-order valence-corrected chi connectivity index (χ3v) is 6.46. The molecule has 1 unspecified atom stereocenters. The predicted molar refractivity (Wildman–Crippen MR) is 90.3 cm³/mol. The molecule has 2 heterocycles. The number of piperidine rings is 1. The average molecular weight is 373 g/mol. The fourth-order valence-corrected chi connectivity index (χ4v) is 4.44. The molecule has 0 radical (unpaired) electrons. The number of carbonyl (C=O) groups excluding carboxylic acids is 1. The van der Waals surface area contributed by atoms with Crippen LogP contribution < -0.4 is 4.72 Å². The molecule has 1 spiro atoms. The van der Waals surface area contributed by atoms with Crippen LogP contribution in [0, 0.1) is 5.41 Å². The molecule has 1 atom stereocenters. The van der Waals surface area contributed by atoms with E-state index in [-0.39, 0.29) is 22.8 Å². The first-order chi connectivity index (χ1) is 11.4. The van der Waals surface area contributed by atoms with Gasteiger partial charge < -0.3 is 9.64 Å². The highest BCUT2D eigenvalue weighted by atomic mass is 35.5. The number of sulfonamides is 1. The Kier molecular flexibility index (Phi) is 5.15. The SMILES string of the molecule is O=C1CCC2(CCOC2)CN1CCNS(=O)(=O)c1ccc(Cl)cc1. The van der Waals surface area contributed by atoms with Crippen LogP contribution in [0.4, 0.5) is 0 Å². The molecular formula is C16H21ClN2O4S. The van der Waals surface area contributed by atoms with Crippen molar-refractivity contribution in [3.8, 4) is 0 Å². The van der Waals surface area contributed by atoms with Gasteiger partial charge in [-0.05, 0) is 37.1 Å². The molecule has 2 aliphatic rings. The smallest absolute Gasteiger partial charge is 0.240 e. The van der Waals surface area contributed by atoms with E-state index in [1.807, 2.05) is 0 Å². The van der Waals surface area contributed by atoms with Crippen LogP contribution in [0.5, 0.6) is 0 Å². The van der Waals surface area contributed by atoms with E-state index in [4.69, 9.17) is 16.3 Å². The minimum absolute atomic E-state index is 0.0585. The molecule has 1 aromatic rings. The van der Waals surface area contributed by atoms with Crippen LogP contribution in [-0.4, -0.2) is 52.1 Å². The van der Waals surface area contributed by atoms with E-state index < -0.39 is 10.0 Å². The van der Waals surface area contributed by atoms with Gasteiger partial charge in [-0.3, -0.25) is 4.79 Å². The quantitative estimate of drug-likeness (QED) is 0.852. The van der Waals surface area contributed by atoms with E-state index in [1.165, 1.54) is 24.3 Å². The summed E-state index contributed by atoms with van der Waals surface area (Å²) in [4.78, 5) is 14.0. The summed E-state index contributed by atoms with van der Waals surface area (Å²) in [5.41, 5.74) is 0.0585. The second kappa shape index (κ2) is 7.00. The van der Waals surface area contributed by atoms with Crippen LogP contribution in [0.15, 0.2) is 29.2 Å². The molecule has 1 amide bonds. The molecule has 1 N–H and O–H groups in total. The molecule has 0 aromatic heterocycles. The first-order valence-electron chi connectivity index (χ1n) is 8.01. The molecule has 3 rings (SSSR count). The normalized spacial score (nSPS) is 24.7. The highest BCUT2D eigenvalue weighted by molar-refractivity contribution is 7.89. The van der Waals surface area contributed by atoms with Gasteiger partial charge in [0.05, 0.1) is 11.5 Å². The van der Waals surface area contributed by atoms with Crippen molar-refractivity contribution in [3.63, 3.8) is 0 Å². The standard InChI is InChI=1S/C16H21ClN2O4S/c17-13-1-3-14(4-2-13)24(21,22)18-8-9-19-11-16(6-5-15(19)20)7-10-23-12-16/h1-4,18H,5-12H2. The molecule has 6 nitrogen and oxygen atoms in total.